The molecule has 0 rings (SSSR count). The van der Waals surface area contributed by atoms with Gasteiger partial charge in [-0.25, -0.2) is 0 Å². The van der Waals surface area contributed by atoms with Crippen molar-refractivity contribution in [2.45, 2.75) is 0 Å². The van der Waals surface area contributed by atoms with Crippen LogP contribution in [0.1, 0.15) is 0 Å². The number of hydrogen-bond acceptors (Lipinski definition) is 16. The molecular weight excluding hydrogens is 400 g/mol. The molecule has 17 heteroatoms. The van der Waals surface area contributed by atoms with Crippen LogP contribution in [0.4, 0.5) is 19.2 Å². The van der Waals surface area contributed by atoms with Crippen molar-refractivity contribution in [3.8, 4) is 0 Å². The molecule has 0 aromatic carbocycles. The third-order valence-corrected chi connectivity index (χ3v) is 0.298. The van der Waals surface area contributed by atoms with Gasteiger partial charge < -0.3 is 59.2 Å². The van der Waals surface area contributed by atoms with Gasteiger partial charge in [-0.3, -0.25) is 21.0 Å². The Labute approximate surface area is 126 Å². The average Bonchev–Trinajstić information content (AvgIpc) is 2.40. The van der Waals surface area contributed by atoms with Crippen LogP contribution in [0.15, 0.2) is 0 Å². The minimum atomic E-state index is -1.94. The molecule has 4 N–H and O–H groups in total. The van der Waals surface area contributed by atoms with Crippen LogP contribution in [0.3, 0.4) is 0 Å². The molecule has 21 heavy (non-hydrogen) atoms. The standard InChI is InChI=1S/4CH2O4.Mo/c4*2-1(3)5-4;/h4*4H,(H,2,3);/q;;;;+4/p-4. The van der Waals surface area contributed by atoms with E-state index in [2.05, 4.69) is 19.6 Å². The molecular formula is C4H4MoO16. The summed E-state index contributed by atoms with van der Waals surface area (Å²) in [5.41, 5.74) is 0. The number of carbonyl (C=O) groups is 4. The first kappa shape index (κ1) is 31.2. The van der Waals surface area contributed by atoms with Crippen LogP contribution in [0, 0.1) is 0 Å². The summed E-state index contributed by atoms with van der Waals surface area (Å²) in [5.74, 6) is 0. The fourth-order valence-electron chi connectivity index (χ4n) is 0. The second-order valence-electron chi connectivity index (χ2n) is 1.37. The van der Waals surface area contributed by atoms with Crippen LogP contribution in [-0.4, -0.2) is 45.7 Å². The molecule has 0 heterocycles. The number of hydrogen-bond donors (Lipinski definition) is 4. The van der Waals surface area contributed by atoms with Crippen molar-refractivity contribution < 1.29 is 101 Å². The Hall–Kier alpha value is -2.39. The van der Waals surface area contributed by atoms with E-state index in [0.717, 1.165) is 0 Å². The molecule has 0 radical (unpaired) electrons. The van der Waals surface area contributed by atoms with E-state index in [-0.39, 0.29) is 21.1 Å². The summed E-state index contributed by atoms with van der Waals surface area (Å²) in [6, 6.07) is 0. The van der Waals surface area contributed by atoms with E-state index in [4.69, 9.17) is 60.6 Å². The maximum atomic E-state index is 8.78. The smallest absolute Gasteiger partial charge is 0.424 e. The Morgan fingerprint density at radius 3 is 0.571 bits per heavy atom. The predicted molar refractivity (Wildman–Crippen MR) is 36.4 cm³/mol. The fourth-order valence-corrected chi connectivity index (χ4v) is 0. The van der Waals surface area contributed by atoms with Gasteiger partial charge in [-0.2, -0.15) is 0 Å². The minimum Gasteiger partial charge on any atom is -0.424 e. The van der Waals surface area contributed by atoms with Gasteiger partial charge in [0.25, 0.3) is 24.6 Å². The minimum absolute atomic E-state index is 0. The monoisotopic (exact) mass is 406 g/mol. The van der Waals surface area contributed by atoms with Gasteiger partial charge in [0.05, 0.1) is 0 Å². The van der Waals surface area contributed by atoms with E-state index in [1.54, 1.807) is 0 Å². The summed E-state index contributed by atoms with van der Waals surface area (Å²) >= 11 is 0. The quantitative estimate of drug-likeness (QED) is 0.128. The summed E-state index contributed by atoms with van der Waals surface area (Å²) in [6.45, 7) is 0. The molecule has 16 nitrogen and oxygen atoms in total. The number of rotatable bonds is 0. The summed E-state index contributed by atoms with van der Waals surface area (Å²) in [5, 5.41) is 63.1. The molecule has 0 aromatic rings. The van der Waals surface area contributed by atoms with Crippen LogP contribution in [-0.2, 0) is 40.6 Å². The van der Waals surface area contributed by atoms with Gasteiger partial charge >= 0.3 is 21.1 Å². The second-order valence-corrected chi connectivity index (χ2v) is 1.37. The fraction of sp³-hybridized carbons (Fsp3) is 0. The van der Waals surface area contributed by atoms with E-state index in [1.807, 2.05) is 0 Å². The Bertz CT molecular complexity index is 217. The van der Waals surface area contributed by atoms with E-state index in [0.29, 0.717) is 0 Å². The zero-order valence-corrected chi connectivity index (χ0v) is 11.1. The Morgan fingerprint density at radius 1 is 0.524 bits per heavy atom. The van der Waals surface area contributed by atoms with E-state index in [9.17, 15) is 0 Å². The van der Waals surface area contributed by atoms with Crippen LogP contribution >= 0.6 is 0 Å². The van der Waals surface area contributed by atoms with E-state index >= 15 is 0 Å². The summed E-state index contributed by atoms with van der Waals surface area (Å²) in [6.07, 6.45) is -7.76. The van der Waals surface area contributed by atoms with Gasteiger partial charge in [0.1, 0.15) is 0 Å². The van der Waals surface area contributed by atoms with Crippen molar-refractivity contribution in [1.29, 1.82) is 0 Å². The number of carboxylic acid groups (broad SMARTS) is 4. The molecule has 0 amide bonds. The molecule has 0 aliphatic heterocycles. The van der Waals surface area contributed by atoms with Gasteiger partial charge in [-0.15, -0.1) is 0 Å². The third kappa shape index (κ3) is 136. The zero-order valence-electron chi connectivity index (χ0n) is 9.10. The molecule has 0 aliphatic carbocycles. The first-order chi connectivity index (χ1) is 9.08. The van der Waals surface area contributed by atoms with E-state index in [1.165, 1.54) is 0 Å². The molecule has 0 atom stereocenters. The topological polar surface area (TPSA) is 278 Å². The van der Waals surface area contributed by atoms with Gasteiger partial charge in [-0.05, 0) is 0 Å². The second kappa shape index (κ2) is 26.2. The average molecular weight is 404 g/mol. The van der Waals surface area contributed by atoms with Crippen molar-refractivity contribution in [2.24, 2.45) is 0 Å². The van der Waals surface area contributed by atoms with Crippen molar-refractivity contribution in [3.63, 3.8) is 0 Å². The van der Waals surface area contributed by atoms with Crippen LogP contribution in [0.2, 0.25) is 0 Å². The van der Waals surface area contributed by atoms with E-state index < -0.39 is 24.6 Å². The predicted octanol–water partition coefficient (Wildman–Crippen LogP) is -4.73. The first-order valence-electron chi connectivity index (χ1n) is 3.18. The van der Waals surface area contributed by atoms with Gasteiger partial charge in [0.15, 0.2) is 0 Å². The maximum absolute atomic E-state index is 8.78. The third-order valence-electron chi connectivity index (χ3n) is 0.298. The van der Waals surface area contributed by atoms with Crippen molar-refractivity contribution >= 4 is 24.6 Å². The summed E-state index contributed by atoms with van der Waals surface area (Å²) < 4.78 is 0. The normalized spacial score (nSPS) is 6.29. The van der Waals surface area contributed by atoms with Crippen molar-refractivity contribution in [1.82, 2.24) is 0 Å². The summed E-state index contributed by atoms with van der Waals surface area (Å²) in [4.78, 5) is 45.4. The molecule has 0 bridgehead atoms. The van der Waals surface area contributed by atoms with Crippen LogP contribution in [0.25, 0.3) is 0 Å². The molecule has 0 aromatic heterocycles. The number of carbonyl (C=O) groups excluding carboxylic acids is 4. The SMILES string of the molecule is O=C([O-])OO.O=C([O-])OO.O=C([O-])OO.O=C([O-])OO.[Mo+4]. The summed E-state index contributed by atoms with van der Waals surface area (Å²) in [7, 11) is 0. The molecule has 0 aliphatic rings. The Balaban J connectivity index is -0.0000000533. The molecule has 0 saturated heterocycles. The Morgan fingerprint density at radius 2 is 0.571 bits per heavy atom. The van der Waals surface area contributed by atoms with Crippen molar-refractivity contribution in [2.75, 3.05) is 0 Å². The maximum Gasteiger partial charge on any atom is 4.00 e. The Kier molecular flexibility index (Phi) is 38.9. The van der Waals surface area contributed by atoms with Gasteiger partial charge in [0.2, 0.25) is 0 Å². The largest absolute Gasteiger partial charge is 4.00 e. The first-order valence-corrected chi connectivity index (χ1v) is 3.18. The zero-order chi connectivity index (χ0) is 17.1. The molecule has 0 spiro atoms. The molecule has 0 fully saturated rings. The van der Waals surface area contributed by atoms with Gasteiger partial charge in [0, 0.05) is 0 Å². The molecule has 122 valence electrons. The van der Waals surface area contributed by atoms with Crippen LogP contribution in [0.5, 0.6) is 0 Å². The van der Waals surface area contributed by atoms with Gasteiger partial charge in [-0.1, -0.05) is 0 Å². The van der Waals surface area contributed by atoms with Crippen LogP contribution < -0.4 is 20.4 Å². The molecule has 0 unspecified atom stereocenters. The van der Waals surface area contributed by atoms with Crippen molar-refractivity contribution in [3.05, 3.63) is 0 Å². The molecule has 0 saturated carbocycles.